The minimum absolute atomic E-state index is 0.0827. The van der Waals surface area contributed by atoms with Crippen LogP contribution < -0.4 is 5.32 Å². The summed E-state index contributed by atoms with van der Waals surface area (Å²) in [5.41, 5.74) is 0.528. The summed E-state index contributed by atoms with van der Waals surface area (Å²) in [5.74, 6) is 0.0827. The third-order valence-electron chi connectivity index (χ3n) is 2.26. The van der Waals surface area contributed by atoms with Gasteiger partial charge in [0.2, 0.25) is 0 Å². The van der Waals surface area contributed by atoms with E-state index in [0.717, 1.165) is 5.56 Å². The molecule has 5 heteroatoms. The molecule has 3 nitrogen and oxygen atoms in total. The number of rotatable bonds is 4. The van der Waals surface area contributed by atoms with E-state index < -0.39 is 0 Å². The molecule has 0 bridgehead atoms. The lowest BCUT2D eigenvalue weighted by Crippen LogP contribution is -2.39. The summed E-state index contributed by atoms with van der Waals surface area (Å²) in [4.78, 5) is 14.8. The van der Waals surface area contributed by atoms with Crippen molar-refractivity contribution in [3.8, 4) is 0 Å². The summed E-state index contributed by atoms with van der Waals surface area (Å²) in [6, 6.07) is 3.47. The second-order valence-corrected chi connectivity index (χ2v) is 4.96. The lowest BCUT2D eigenvalue weighted by atomic mass is 9.95. The van der Waals surface area contributed by atoms with Gasteiger partial charge in [-0.15, -0.1) is 0 Å². The topological polar surface area (TPSA) is 42.0 Å². The van der Waals surface area contributed by atoms with Crippen molar-refractivity contribution in [2.75, 3.05) is 6.54 Å². The molecular formula is C11H14Cl2N2O. The third-order valence-corrected chi connectivity index (χ3v) is 2.65. The number of pyridine rings is 1. The molecule has 1 aromatic heterocycles. The molecule has 0 fully saturated rings. The zero-order valence-corrected chi connectivity index (χ0v) is 11.0. The predicted octanol–water partition coefficient (Wildman–Crippen LogP) is 2.80. The van der Waals surface area contributed by atoms with Crippen molar-refractivity contribution >= 4 is 29.0 Å². The number of hydrogen-bond acceptors (Lipinski definition) is 3. The number of ketones is 1. The molecular weight excluding hydrogens is 247 g/mol. The van der Waals surface area contributed by atoms with Gasteiger partial charge in [0, 0.05) is 5.54 Å². The van der Waals surface area contributed by atoms with Gasteiger partial charge >= 0.3 is 0 Å². The van der Waals surface area contributed by atoms with Crippen LogP contribution in [-0.4, -0.2) is 17.3 Å². The van der Waals surface area contributed by atoms with E-state index in [9.17, 15) is 4.79 Å². The van der Waals surface area contributed by atoms with E-state index >= 15 is 0 Å². The van der Waals surface area contributed by atoms with Crippen LogP contribution in [0.1, 0.15) is 26.3 Å². The van der Waals surface area contributed by atoms with Crippen molar-refractivity contribution < 1.29 is 4.79 Å². The van der Waals surface area contributed by atoms with Crippen molar-refractivity contribution in [1.29, 1.82) is 0 Å². The Hall–Kier alpha value is -0.640. The highest BCUT2D eigenvalue weighted by Gasteiger charge is 2.21. The van der Waals surface area contributed by atoms with Gasteiger partial charge < -0.3 is 5.32 Å². The Balaban J connectivity index is 2.92. The van der Waals surface area contributed by atoms with Crippen LogP contribution in [0, 0.1) is 0 Å². The maximum Gasteiger partial charge on any atom is 0.143 e. The predicted molar refractivity (Wildman–Crippen MR) is 66.0 cm³/mol. The Morgan fingerprint density at radius 3 is 2.31 bits per heavy atom. The van der Waals surface area contributed by atoms with E-state index in [-0.39, 0.29) is 11.3 Å². The van der Waals surface area contributed by atoms with Gasteiger partial charge in [0.05, 0.1) is 6.54 Å². The molecule has 0 saturated carbocycles. The maximum absolute atomic E-state index is 10.9. The van der Waals surface area contributed by atoms with Crippen LogP contribution in [0.5, 0.6) is 0 Å². The van der Waals surface area contributed by atoms with Gasteiger partial charge in [-0.2, -0.15) is 0 Å². The van der Waals surface area contributed by atoms with Crippen LogP contribution in [-0.2, 0) is 10.3 Å². The molecule has 0 saturated heterocycles. The summed E-state index contributed by atoms with van der Waals surface area (Å²) in [6.45, 7) is 5.76. The second kappa shape index (κ2) is 5.13. The third kappa shape index (κ3) is 3.74. The first kappa shape index (κ1) is 13.4. The number of aromatic nitrogens is 1. The number of Topliss-reactive ketones (excluding diaryl/α,β-unsaturated/α-hetero) is 1. The van der Waals surface area contributed by atoms with Crippen LogP contribution in [0.15, 0.2) is 12.1 Å². The quantitative estimate of drug-likeness (QED) is 0.847. The number of carbonyl (C=O) groups excluding carboxylic acids is 1. The SMILES string of the molecule is CC(=O)CNC(C)(C)c1cc(Cl)nc(Cl)c1. The molecule has 16 heavy (non-hydrogen) atoms. The fraction of sp³-hybridized carbons (Fsp3) is 0.455. The molecule has 1 rings (SSSR count). The fourth-order valence-corrected chi connectivity index (χ4v) is 1.73. The summed E-state index contributed by atoms with van der Waals surface area (Å²) in [5, 5.41) is 3.83. The first-order valence-electron chi connectivity index (χ1n) is 4.89. The van der Waals surface area contributed by atoms with Crippen LogP contribution in [0.4, 0.5) is 0 Å². The van der Waals surface area contributed by atoms with E-state index in [2.05, 4.69) is 10.3 Å². The Morgan fingerprint density at radius 2 is 1.88 bits per heavy atom. The van der Waals surface area contributed by atoms with E-state index in [1.54, 1.807) is 12.1 Å². The number of halogens is 2. The van der Waals surface area contributed by atoms with Gasteiger partial charge in [0.25, 0.3) is 0 Å². The van der Waals surface area contributed by atoms with E-state index in [1.807, 2.05) is 13.8 Å². The van der Waals surface area contributed by atoms with Crippen LogP contribution in [0.2, 0.25) is 10.3 Å². The molecule has 1 N–H and O–H groups in total. The molecule has 88 valence electrons. The molecule has 1 heterocycles. The zero-order chi connectivity index (χ0) is 12.3. The van der Waals surface area contributed by atoms with Crippen LogP contribution in [0.3, 0.4) is 0 Å². The Bertz CT molecular complexity index is 385. The molecule has 1 aromatic rings. The van der Waals surface area contributed by atoms with Gasteiger partial charge in [-0.3, -0.25) is 4.79 Å². The summed E-state index contributed by atoms with van der Waals surface area (Å²) in [6.07, 6.45) is 0. The second-order valence-electron chi connectivity index (χ2n) is 4.18. The summed E-state index contributed by atoms with van der Waals surface area (Å²) >= 11 is 11.7. The zero-order valence-electron chi connectivity index (χ0n) is 9.47. The first-order valence-corrected chi connectivity index (χ1v) is 5.65. The van der Waals surface area contributed by atoms with E-state index in [0.29, 0.717) is 16.9 Å². The molecule has 0 amide bonds. The van der Waals surface area contributed by atoms with Gasteiger partial charge in [-0.1, -0.05) is 23.2 Å². The molecule has 0 unspecified atom stereocenters. The van der Waals surface area contributed by atoms with Crippen molar-refractivity contribution in [3.63, 3.8) is 0 Å². The first-order chi connectivity index (χ1) is 7.31. The highest BCUT2D eigenvalue weighted by Crippen LogP contribution is 2.24. The minimum Gasteiger partial charge on any atom is -0.301 e. The molecule has 0 spiro atoms. The average molecular weight is 261 g/mol. The smallest absolute Gasteiger partial charge is 0.143 e. The fourth-order valence-electron chi connectivity index (χ4n) is 1.27. The van der Waals surface area contributed by atoms with Crippen LogP contribution >= 0.6 is 23.2 Å². The number of hydrogen-bond donors (Lipinski definition) is 1. The number of nitrogens with one attached hydrogen (secondary N) is 1. The molecule has 0 radical (unpaired) electrons. The molecule has 0 aromatic carbocycles. The lowest BCUT2D eigenvalue weighted by Gasteiger charge is -2.26. The largest absolute Gasteiger partial charge is 0.301 e. The molecule has 0 aliphatic rings. The monoisotopic (exact) mass is 260 g/mol. The average Bonchev–Trinajstić information content (AvgIpc) is 2.13. The highest BCUT2D eigenvalue weighted by atomic mass is 35.5. The van der Waals surface area contributed by atoms with Crippen molar-refractivity contribution in [3.05, 3.63) is 28.0 Å². The standard InChI is InChI=1S/C11H14Cl2N2O/c1-7(16)6-14-11(2,3)8-4-9(12)15-10(13)5-8/h4-5,14H,6H2,1-3H3. The Kier molecular flexibility index (Phi) is 4.30. The van der Waals surface area contributed by atoms with Gasteiger partial charge in [-0.05, 0) is 38.5 Å². The maximum atomic E-state index is 10.9. The van der Waals surface area contributed by atoms with Gasteiger partial charge in [0.1, 0.15) is 16.1 Å². The Morgan fingerprint density at radius 1 is 1.38 bits per heavy atom. The normalized spacial score (nSPS) is 11.6. The molecule has 0 aliphatic carbocycles. The summed E-state index contributed by atoms with van der Waals surface area (Å²) < 4.78 is 0. The van der Waals surface area contributed by atoms with Gasteiger partial charge in [-0.25, -0.2) is 4.98 Å². The van der Waals surface area contributed by atoms with E-state index in [4.69, 9.17) is 23.2 Å². The van der Waals surface area contributed by atoms with Crippen molar-refractivity contribution in [2.24, 2.45) is 0 Å². The van der Waals surface area contributed by atoms with E-state index in [1.165, 1.54) is 6.92 Å². The van der Waals surface area contributed by atoms with Gasteiger partial charge in [0.15, 0.2) is 0 Å². The Labute approximate surface area is 105 Å². The molecule has 0 atom stereocenters. The van der Waals surface area contributed by atoms with Crippen LogP contribution in [0.25, 0.3) is 0 Å². The minimum atomic E-state index is -0.373. The summed E-state index contributed by atoms with van der Waals surface area (Å²) in [7, 11) is 0. The molecule has 0 aliphatic heterocycles. The number of nitrogens with zero attached hydrogens (tertiary/aromatic N) is 1. The van der Waals surface area contributed by atoms with Crippen molar-refractivity contribution in [2.45, 2.75) is 26.3 Å². The lowest BCUT2D eigenvalue weighted by molar-refractivity contribution is -0.116. The highest BCUT2D eigenvalue weighted by molar-refractivity contribution is 6.32. The van der Waals surface area contributed by atoms with Crippen molar-refractivity contribution in [1.82, 2.24) is 10.3 Å². The number of carbonyl (C=O) groups is 1.